The van der Waals surface area contributed by atoms with Gasteiger partial charge in [-0.2, -0.15) is 0 Å². The molecule has 0 aliphatic carbocycles. The number of carbonyl (C=O) groups excluding carboxylic acids is 3. The maximum absolute atomic E-state index is 13.3. The van der Waals surface area contributed by atoms with Gasteiger partial charge in [-0.05, 0) is 94.2 Å². The van der Waals surface area contributed by atoms with E-state index in [9.17, 15) is 19.3 Å². The van der Waals surface area contributed by atoms with E-state index in [0.717, 1.165) is 81.0 Å². The first-order chi connectivity index (χ1) is 31.8. The fourth-order valence-electron chi connectivity index (χ4n) is 7.89. The predicted octanol–water partition coefficient (Wildman–Crippen LogP) is 14.1. The molecule has 65 heavy (non-hydrogen) atoms. The van der Waals surface area contributed by atoms with Crippen LogP contribution in [0.2, 0.25) is 0 Å². The predicted molar refractivity (Wildman–Crippen MR) is 277 cm³/mol. The lowest BCUT2D eigenvalue weighted by atomic mass is 10.1. The van der Waals surface area contributed by atoms with E-state index in [0.29, 0.717) is 37.5 Å². The molecule has 0 heterocycles. The van der Waals surface area contributed by atoms with Gasteiger partial charge in [0.1, 0.15) is 0 Å². The third-order valence-corrected chi connectivity index (χ3v) is 12.1. The van der Waals surface area contributed by atoms with Crippen molar-refractivity contribution < 1.29 is 19.1 Å². The van der Waals surface area contributed by atoms with Gasteiger partial charge in [0.15, 0.2) is 12.6 Å². The Kier molecular flexibility index (Phi) is 40.4. The number of amides is 3. The number of benzene rings is 1. The molecule has 1 aromatic carbocycles. The van der Waals surface area contributed by atoms with Crippen molar-refractivity contribution in [3.8, 4) is 0 Å². The first-order valence-electron chi connectivity index (χ1n) is 26.9. The number of unbranched alkanes of at least 4 members (excludes halogenated alkanes) is 24. The Labute approximate surface area is 398 Å². The highest BCUT2D eigenvalue weighted by Crippen LogP contribution is 2.13. The third-order valence-electron chi connectivity index (χ3n) is 12.1. The van der Waals surface area contributed by atoms with Crippen LogP contribution in [0.25, 0.3) is 0 Å². The van der Waals surface area contributed by atoms with E-state index in [2.05, 4.69) is 72.9 Å². The van der Waals surface area contributed by atoms with Gasteiger partial charge < -0.3 is 16.0 Å². The minimum absolute atomic E-state index is 0.0733. The summed E-state index contributed by atoms with van der Waals surface area (Å²) in [6.07, 6.45) is 47.0. The third kappa shape index (κ3) is 38.2. The summed E-state index contributed by atoms with van der Waals surface area (Å²) in [6, 6.07) is 6.39. The van der Waals surface area contributed by atoms with E-state index in [1.54, 1.807) is 18.3 Å². The van der Waals surface area contributed by atoms with Crippen LogP contribution in [0.15, 0.2) is 53.6 Å². The molecule has 0 fully saturated rings. The zero-order valence-corrected chi connectivity index (χ0v) is 42.3. The van der Waals surface area contributed by atoms with Crippen molar-refractivity contribution in [3.63, 3.8) is 0 Å². The number of aliphatic imine (C=N–C) groups is 1. The van der Waals surface area contributed by atoms with Crippen LogP contribution < -0.4 is 16.0 Å². The van der Waals surface area contributed by atoms with E-state index in [-0.39, 0.29) is 30.8 Å². The minimum Gasteiger partial charge on any atom is -0.352 e. The fourth-order valence-corrected chi connectivity index (χ4v) is 7.89. The van der Waals surface area contributed by atoms with E-state index < -0.39 is 6.04 Å². The highest BCUT2D eigenvalue weighted by Gasteiger charge is 2.27. The second kappa shape index (κ2) is 44.2. The van der Waals surface area contributed by atoms with E-state index in [1.807, 2.05) is 12.1 Å². The zero-order valence-electron chi connectivity index (χ0n) is 42.3. The number of nitroso groups, excluding NO2 is 1. The highest BCUT2D eigenvalue weighted by molar-refractivity contribution is 5.95. The molecule has 3 N–H and O–H groups in total. The Balaban J connectivity index is 2.47. The topological polar surface area (TPSA) is 120 Å². The number of nitrogens with one attached hydrogen (secondary N) is 3. The summed E-state index contributed by atoms with van der Waals surface area (Å²) in [5, 5.41) is 8.76. The average molecular weight is 905 g/mol. The molecule has 1 rings (SSSR count). The molecule has 0 aromatic heterocycles. The first-order valence-corrected chi connectivity index (χ1v) is 26.9. The van der Waals surface area contributed by atoms with Gasteiger partial charge in [-0.15, -0.1) is 0 Å². The standard InChI is InChI=1S/C56H97N5O4/c1-5-7-9-11-13-15-17-19-21-23-25-27-29-31-33-37-47-61(65)49-53(60-54(62)39-34-32-30-28-26-24-22-20-18-16-14-12-10-8-6-2)56(64)59-46-45-57-48-51-40-42-52(43-41-51)55(63)58-44-36-35-38-50(3)4/h19-22,40-43,48,50,53H,5-18,23-39,44-47,49H2,1-4H3,(H2-,58,59,60,62,63,64)/p+1. The van der Waals surface area contributed by atoms with Crippen molar-refractivity contribution in [1.29, 1.82) is 0 Å². The monoisotopic (exact) mass is 905 g/mol. The molecule has 0 spiro atoms. The van der Waals surface area contributed by atoms with Crippen molar-refractivity contribution in [2.45, 2.75) is 233 Å². The van der Waals surface area contributed by atoms with E-state index in [1.165, 1.54) is 122 Å². The van der Waals surface area contributed by atoms with Crippen molar-refractivity contribution >= 4 is 23.9 Å². The van der Waals surface area contributed by atoms with E-state index in [4.69, 9.17) is 0 Å². The second-order valence-electron chi connectivity index (χ2n) is 18.9. The van der Waals surface area contributed by atoms with Crippen LogP contribution in [0.5, 0.6) is 0 Å². The van der Waals surface area contributed by atoms with Crippen molar-refractivity contribution in [2.75, 3.05) is 32.7 Å². The smallest absolute Gasteiger partial charge is 0.251 e. The van der Waals surface area contributed by atoms with Crippen LogP contribution in [0.4, 0.5) is 0 Å². The van der Waals surface area contributed by atoms with E-state index >= 15 is 0 Å². The molecule has 1 unspecified atom stereocenters. The number of allylic oxidation sites excluding steroid dienone is 4. The van der Waals surface area contributed by atoms with Crippen molar-refractivity contribution in [3.05, 3.63) is 64.6 Å². The molecule has 0 aliphatic rings. The number of hydrogen-bond donors (Lipinski definition) is 3. The van der Waals surface area contributed by atoms with Crippen LogP contribution in [-0.4, -0.2) is 67.5 Å². The molecule has 9 nitrogen and oxygen atoms in total. The van der Waals surface area contributed by atoms with Crippen LogP contribution in [0.1, 0.15) is 243 Å². The maximum atomic E-state index is 13.3. The molecule has 370 valence electrons. The van der Waals surface area contributed by atoms with Crippen LogP contribution in [0, 0.1) is 10.8 Å². The highest BCUT2D eigenvalue weighted by atomic mass is 16.3. The van der Waals surface area contributed by atoms with Gasteiger partial charge in [-0.25, -0.2) is 0 Å². The van der Waals surface area contributed by atoms with Gasteiger partial charge in [0.2, 0.25) is 18.4 Å². The lowest BCUT2D eigenvalue weighted by Crippen LogP contribution is -2.51. The number of hydrogen-bond acceptors (Lipinski definition) is 5. The number of nitrogens with zero attached hydrogens (tertiary/aromatic N) is 2. The quantitative estimate of drug-likeness (QED) is 0.0261. The van der Waals surface area contributed by atoms with Gasteiger partial charge >= 0.3 is 0 Å². The Bertz CT molecular complexity index is 1410. The largest absolute Gasteiger partial charge is 0.352 e. The Hall–Kier alpha value is -3.62. The summed E-state index contributed by atoms with van der Waals surface area (Å²) in [5.41, 5.74) is 1.47. The summed E-state index contributed by atoms with van der Waals surface area (Å²) in [6.45, 7) is 10.5. The lowest BCUT2D eigenvalue weighted by molar-refractivity contribution is -0.550. The maximum Gasteiger partial charge on any atom is 0.251 e. The normalized spacial score (nSPS) is 12.2. The zero-order chi connectivity index (χ0) is 47.3. The Morgan fingerprint density at radius 3 is 1.60 bits per heavy atom. The lowest BCUT2D eigenvalue weighted by Gasteiger charge is -2.15. The SMILES string of the molecule is CCCCCCCCC=CCCCCCCCC[N+](=O)CC(NC(=O)CCCCCCCC=CCCCCCCCC)C(=O)NCCN=Cc1ccc(C(=O)NCCCCC(C)C)cc1. The van der Waals surface area contributed by atoms with Gasteiger partial charge in [-0.1, -0.05) is 180 Å². The molecule has 0 bridgehead atoms. The molecule has 1 aromatic rings. The van der Waals surface area contributed by atoms with Crippen molar-refractivity contribution in [1.82, 2.24) is 16.0 Å². The molecular formula is C56H98N5O4+. The van der Waals surface area contributed by atoms with Gasteiger partial charge in [0, 0.05) is 47.4 Å². The molecular weight excluding hydrogens is 807 g/mol. The van der Waals surface area contributed by atoms with Gasteiger partial charge in [-0.3, -0.25) is 19.4 Å². The summed E-state index contributed by atoms with van der Waals surface area (Å²) >= 11 is 0. The summed E-state index contributed by atoms with van der Waals surface area (Å²) < 4.78 is 0.941. The van der Waals surface area contributed by atoms with Crippen LogP contribution >= 0.6 is 0 Å². The summed E-state index contributed by atoms with van der Waals surface area (Å²) in [4.78, 5) is 56.3. The molecule has 1 atom stereocenters. The molecule has 9 heteroatoms. The fraction of sp³-hybridized carbons (Fsp3) is 0.750. The Morgan fingerprint density at radius 2 is 1.08 bits per heavy atom. The average Bonchev–Trinajstić information content (AvgIpc) is 3.29. The second-order valence-corrected chi connectivity index (χ2v) is 18.9. The summed E-state index contributed by atoms with van der Waals surface area (Å²) in [7, 11) is 0. The Morgan fingerprint density at radius 1 is 0.585 bits per heavy atom. The molecule has 0 aliphatic heterocycles. The number of carbonyl (C=O) groups is 3. The van der Waals surface area contributed by atoms with Gasteiger partial charge in [0.05, 0.1) is 6.54 Å². The molecule has 3 amide bonds. The summed E-state index contributed by atoms with van der Waals surface area (Å²) in [5.74, 6) is 0.0542. The van der Waals surface area contributed by atoms with Crippen LogP contribution in [-0.2, 0) is 9.59 Å². The molecule has 0 radical (unpaired) electrons. The van der Waals surface area contributed by atoms with Crippen molar-refractivity contribution in [2.24, 2.45) is 10.9 Å². The number of rotatable bonds is 45. The molecule has 0 saturated heterocycles. The minimum atomic E-state index is -0.921. The first kappa shape index (κ1) is 59.4. The van der Waals surface area contributed by atoms with Gasteiger partial charge in [0.25, 0.3) is 5.91 Å². The van der Waals surface area contributed by atoms with Crippen LogP contribution in [0.3, 0.4) is 0 Å². The molecule has 0 saturated carbocycles.